The standard InChI is InChI=1S/C16H12O/c1-11-10-15-13(12-6-3-2-4-7-12)8-5-9-14(15)16(11)17/h2-10H,1H3. The second kappa shape index (κ2) is 3.70. The first-order chi connectivity index (χ1) is 8.27. The van der Waals surface area contributed by atoms with Crippen molar-refractivity contribution in [1.29, 1.82) is 0 Å². The molecule has 1 heteroatoms. The van der Waals surface area contributed by atoms with Gasteiger partial charge >= 0.3 is 0 Å². The number of ketones is 1. The van der Waals surface area contributed by atoms with Crippen LogP contribution in [-0.4, -0.2) is 5.78 Å². The molecule has 0 spiro atoms. The molecule has 17 heavy (non-hydrogen) atoms. The Morgan fingerprint density at radius 2 is 1.53 bits per heavy atom. The van der Waals surface area contributed by atoms with E-state index in [1.54, 1.807) is 0 Å². The zero-order chi connectivity index (χ0) is 11.8. The minimum atomic E-state index is 0.151. The summed E-state index contributed by atoms with van der Waals surface area (Å²) in [4.78, 5) is 11.9. The van der Waals surface area contributed by atoms with Crippen LogP contribution in [0.15, 0.2) is 54.1 Å². The van der Waals surface area contributed by atoms with E-state index in [2.05, 4.69) is 18.2 Å². The van der Waals surface area contributed by atoms with Gasteiger partial charge in [0, 0.05) is 5.56 Å². The van der Waals surface area contributed by atoms with Crippen LogP contribution < -0.4 is 0 Å². The van der Waals surface area contributed by atoms with Gasteiger partial charge in [-0.1, -0.05) is 48.5 Å². The summed E-state index contributed by atoms with van der Waals surface area (Å²) in [6, 6.07) is 16.1. The third-order valence-corrected chi connectivity index (χ3v) is 3.15. The van der Waals surface area contributed by atoms with E-state index in [0.717, 1.165) is 27.8 Å². The van der Waals surface area contributed by atoms with Crippen LogP contribution in [0.1, 0.15) is 22.8 Å². The molecule has 1 aliphatic carbocycles. The molecule has 0 bridgehead atoms. The Morgan fingerprint density at radius 3 is 2.29 bits per heavy atom. The highest BCUT2D eigenvalue weighted by Crippen LogP contribution is 2.33. The van der Waals surface area contributed by atoms with Crippen LogP contribution >= 0.6 is 0 Å². The molecular weight excluding hydrogens is 208 g/mol. The Bertz CT molecular complexity index is 621. The van der Waals surface area contributed by atoms with Crippen molar-refractivity contribution in [3.05, 3.63) is 65.2 Å². The minimum absolute atomic E-state index is 0.151. The first kappa shape index (κ1) is 10.0. The Kier molecular flexibility index (Phi) is 2.19. The van der Waals surface area contributed by atoms with Crippen LogP contribution in [0, 0.1) is 0 Å². The van der Waals surface area contributed by atoms with Crippen molar-refractivity contribution in [2.24, 2.45) is 0 Å². The molecule has 82 valence electrons. The summed E-state index contributed by atoms with van der Waals surface area (Å²) in [5.74, 6) is 0.151. The molecule has 0 heterocycles. The number of carbonyl (C=O) groups is 1. The predicted octanol–water partition coefficient (Wildman–Crippen LogP) is 3.95. The van der Waals surface area contributed by atoms with Crippen molar-refractivity contribution < 1.29 is 4.79 Å². The fourth-order valence-corrected chi connectivity index (χ4v) is 2.28. The molecule has 0 unspecified atom stereocenters. The van der Waals surface area contributed by atoms with Crippen molar-refractivity contribution in [1.82, 2.24) is 0 Å². The van der Waals surface area contributed by atoms with Gasteiger partial charge in [-0.15, -0.1) is 0 Å². The van der Waals surface area contributed by atoms with Gasteiger partial charge in [0.25, 0.3) is 0 Å². The van der Waals surface area contributed by atoms with Gasteiger partial charge in [0.15, 0.2) is 5.78 Å². The molecule has 1 nitrogen and oxygen atoms in total. The zero-order valence-corrected chi connectivity index (χ0v) is 9.60. The molecule has 0 saturated carbocycles. The van der Waals surface area contributed by atoms with Gasteiger partial charge < -0.3 is 0 Å². The Labute approximate surface area is 100 Å². The van der Waals surface area contributed by atoms with E-state index >= 15 is 0 Å². The van der Waals surface area contributed by atoms with Crippen LogP contribution in [0.25, 0.3) is 17.2 Å². The summed E-state index contributed by atoms with van der Waals surface area (Å²) < 4.78 is 0. The van der Waals surface area contributed by atoms with Gasteiger partial charge in [0.1, 0.15) is 0 Å². The van der Waals surface area contributed by atoms with Gasteiger partial charge in [-0.05, 0) is 35.3 Å². The van der Waals surface area contributed by atoms with Crippen molar-refractivity contribution in [2.75, 3.05) is 0 Å². The molecule has 0 N–H and O–H groups in total. The van der Waals surface area contributed by atoms with Crippen LogP contribution in [0.5, 0.6) is 0 Å². The van der Waals surface area contributed by atoms with Crippen LogP contribution in [0.3, 0.4) is 0 Å². The van der Waals surface area contributed by atoms with E-state index in [-0.39, 0.29) is 5.78 Å². The van der Waals surface area contributed by atoms with E-state index < -0.39 is 0 Å². The summed E-state index contributed by atoms with van der Waals surface area (Å²) in [5, 5.41) is 0. The number of rotatable bonds is 1. The van der Waals surface area contributed by atoms with Crippen molar-refractivity contribution in [3.63, 3.8) is 0 Å². The van der Waals surface area contributed by atoms with Crippen LogP contribution in [0.4, 0.5) is 0 Å². The molecule has 2 aromatic rings. The number of benzene rings is 2. The maximum Gasteiger partial charge on any atom is 0.189 e. The molecule has 0 radical (unpaired) electrons. The maximum absolute atomic E-state index is 11.9. The molecule has 0 aliphatic heterocycles. The first-order valence-corrected chi connectivity index (χ1v) is 5.69. The largest absolute Gasteiger partial charge is 0.289 e. The Hall–Kier alpha value is -2.15. The molecule has 3 rings (SSSR count). The molecule has 0 fully saturated rings. The second-order valence-corrected chi connectivity index (χ2v) is 4.29. The fourth-order valence-electron chi connectivity index (χ4n) is 2.28. The smallest absolute Gasteiger partial charge is 0.189 e. The molecule has 0 amide bonds. The molecular formula is C16H12O. The highest BCUT2D eigenvalue weighted by molar-refractivity contribution is 6.18. The van der Waals surface area contributed by atoms with Crippen LogP contribution in [-0.2, 0) is 0 Å². The first-order valence-electron chi connectivity index (χ1n) is 5.69. The number of fused-ring (bicyclic) bond motifs is 1. The molecule has 2 aromatic carbocycles. The lowest BCUT2D eigenvalue weighted by Gasteiger charge is -2.06. The summed E-state index contributed by atoms with van der Waals surface area (Å²) in [6.07, 6.45) is 1.99. The maximum atomic E-state index is 11.9. The number of Topliss-reactive ketones (excluding diaryl/α,β-unsaturated/α-hetero) is 1. The molecule has 0 aromatic heterocycles. The van der Waals surface area contributed by atoms with Gasteiger partial charge in [-0.25, -0.2) is 0 Å². The average molecular weight is 220 g/mol. The van der Waals surface area contributed by atoms with Crippen molar-refractivity contribution in [2.45, 2.75) is 6.92 Å². The monoisotopic (exact) mass is 220 g/mol. The summed E-state index contributed by atoms with van der Waals surface area (Å²) in [6.45, 7) is 1.87. The fraction of sp³-hybridized carbons (Fsp3) is 0.0625. The molecule has 1 aliphatic rings. The SMILES string of the molecule is CC1=Cc2c(cccc2-c2ccccc2)C1=O. The molecule has 0 atom stereocenters. The van der Waals surface area contributed by atoms with E-state index in [0.29, 0.717) is 0 Å². The van der Waals surface area contributed by atoms with Gasteiger partial charge in [0.05, 0.1) is 0 Å². The summed E-state index contributed by atoms with van der Waals surface area (Å²) >= 11 is 0. The van der Waals surface area contributed by atoms with Gasteiger partial charge in [-0.3, -0.25) is 4.79 Å². The second-order valence-electron chi connectivity index (χ2n) is 4.29. The zero-order valence-electron chi connectivity index (χ0n) is 9.60. The quantitative estimate of drug-likeness (QED) is 0.711. The lowest BCUT2D eigenvalue weighted by atomic mass is 9.97. The van der Waals surface area contributed by atoms with E-state index in [9.17, 15) is 4.79 Å². The average Bonchev–Trinajstić information content (AvgIpc) is 2.67. The normalized spacial score (nSPS) is 13.5. The number of carbonyl (C=O) groups excluding carboxylic acids is 1. The Morgan fingerprint density at radius 1 is 0.824 bits per heavy atom. The Balaban J connectivity index is 2.25. The lowest BCUT2D eigenvalue weighted by molar-refractivity contribution is 0.103. The van der Waals surface area contributed by atoms with E-state index in [1.165, 1.54) is 0 Å². The highest BCUT2D eigenvalue weighted by atomic mass is 16.1. The summed E-state index contributed by atoms with van der Waals surface area (Å²) in [7, 11) is 0. The predicted molar refractivity (Wildman–Crippen MR) is 69.9 cm³/mol. The topological polar surface area (TPSA) is 17.1 Å². The summed E-state index contributed by atoms with van der Waals surface area (Å²) in [5.41, 5.74) is 4.99. The minimum Gasteiger partial charge on any atom is -0.289 e. The molecule has 0 saturated heterocycles. The van der Waals surface area contributed by atoms with Crippen LogP contribution in [0.2, 0.25) is 0 Å². The van der Waals surface area contributed by atoms with Crippen molar-refractivity contribution in [3.8, 4) is 11.1 Å². The highest BCUT2D eigenvalue weighted by Gasteiger charge is 2.21. The van der Waals surface area contributed by atoms with Gasteiger partial charge in [-0.2, -0.15) is 0 Å². The number of hydrogen-bond donors (Lipinski definition) is 0. The van der Waals surface area contributed by atoms with Gasteiger partial charge in [0.2, 0.25) is 0 Å². The van der Waals surface area contributed by atoms with E-state index in [4.69, 9.17) is 0 Å². The number of allylic oxidation sites excluding steroid dienone is 1. The van der Waals surface area contributed by atoms with Crippen molar-refractivity contribution >= 4 is 11.9 Å². The lowest BCUT2D eigenvalue weighted by Crippen LogP contribution is -1.96. The van der Waals surface area contributed by atoms with E-state index in [1.807, 2.05) is 43.3 Å². The number of hydrogen-bond acceptors (Lipinski definition) is 1. The third-order valence-electron chi connectivity index (χ3n) is 3.15. The third kappa shape index (κ3) is 1.51.